The first kappa shape index (κ1) is 19.0. The van der Waals surface area contributed by atoms with E-state index in [1.54, 1.807) is 14.2 Å². The van der Waals surface area contributed by atoms with Crippen LogP contribution in [0.25, 0.3) is 22.2 Å². The summed E-state index contributed by atoms with van der Waals surface area (Å²) < 4.78 is 15.7. The molecule has 4 aromatic rings. The van der Waals surface area contributed by atoms with Gasteiger partial charge in [-0.2, -0.15) is 0 Å². The van der Waals surface area contributed by atoms with E-state index in [1.807, 2.05) is 36.4 Å². The number of ether oxygens (including phenoxy) is 2. The van der Waals surface area contributed by atoms with E-state index in [1.165, 1.54) is 5.56 Å². The van der Waals surface area contributed by atoms with Crippen LogP contribution in [-0.2, 0) is 6.54 Å². The van der Waals surface area contributed by atoms with Crippen LogP contribution >= 0.6 is 0 Å². The third-order valence-electron chi connectivity index (χ3n) is 5.03. The van der Waals surface area contributed by atoms with Gasteiger partial charge in [0.15, 0.2) is 0 Å². The lowest BCUT2D eigenvalue weighted by Crippen LogP contribution is -2.18. The van der Waals surface area contributed by atoms with Gasteiger partial charge in [-0.25, -0.2) is 4.63 Å². The van der Waals surface area contributed by atoms with Crippen LogP contribution in [0.2, 0.25) is 0 Å². The number of hydrogen-bond acceptors (Lipinski definition) is 6. The molecular formula is C23H23N3O3. The summed E-state index contributed by atoms with van der Waals surface area (Å²) >= 11 is 0. The van der Waals surface area contributed by atoms with Gasteiger partial charge in [0.1, 0.15) is 22.5 Å². The number of nitrogens with one attached hydrogen (secondary N) is 1. The molecule has 1 atom stereocenters. The molecule has 1 N–H and O–H groups in total. The molecule has 0 amide bonds. The maximum absolute atomic E-state index is 5.57. The molecule has 0 aliphatic heterocycles. The Labute approximate surface area is 169 Å². The van der Waals surface area contributed by atoms with Crippen molar-refractivity contribution in [2.45, 2.75) is 19.5 Å². The third-order valence-corrected chi connectivity index (χ3v) is 5.03. The Hall–Kier alpha value is -3.38. The third kappa shape index (κ3) is 4.07. The minimum Gasteiger partial charge on any atom is -0.497 e. The molecule has 6 heteroatoms. The molecule has 0 spiro atoms. The Morgan fingerprint density at radius 2 is 1.79 bits per heavy atom. The first-order chi connectivity index (χ1) is 14.2. The van der Waals surface area contributed by atoms with Gasteiger partial charge in [0.25, 0.3) is 0 Å². The van der Waals surface area contributed by atoms with Crippen molar-refractivity contribution in [1.29, 1.82) is 0 Å². The second-order valence-electron chi connectivity index (χ2n) is 6.88. The molecule has 148 valence electrons. The highest BCUT2D eigenvalue weighted by Gasteiger charge is 2.11. The summed E-state index contributed by atoms with van der Waals surface area (Å²) in [5, 5.41) is 11.4. The standard InChI is InChI=1S/C23H23N3O3/c1-15(17-5-4-6-19(12-17)27-2)24-14-16-7-10-23(28-3)20(11-16)18-8-9-21-22(13-18)26-29-25-21/h4-13,15,24H,14H2,1-3H3/t15-/m1/s1. The Morgan fingerprint density at radius 3 is 2.62 bits per heavy atom. The fourth-order valence-electron chi connectivity index (χ4n) is 3.34. The Kier molecular flexibility index (Phi) is 5.44. The van der Waals surface area contributed by atoms with E-state index in [-0.39, 0.29) is 6.04 Å². The van der Waals surface area contributed by atoms with Gasteiger partial charge in [-0.05, 0) is 70.3 Å². The van der Waals surface area contributed by atoms with Crippen LogP contribution in [-0.4, -0.2) is 24.5 Å². The zero-order valence-electron chi connectivity index (χ0n) is 16.7. The number of methoxy groups -OCH3 is 2. The lowest BCUT2D eigenvalue weighted by atomic mass is 10.0. The average Bonchev–Trinajstić information content (AvgIpc) is 3.25. The lowest BCUT2D eigenvalue weighted by molar-refractivity contribution is 0.315. The fourth-order valence-corrected chi connectivity index (χ4v) is 3.34. The number of nitrogens with zero attached hydrogens (tertiary/aromatic N) is 2. The van der Waals surface area contributed by atoms with Crippen molar-refractivity contribution in [3.63, 3.8) is 0 Å². The maximum atomic E-state index is 5.57. The van der Waals surface area contributed by atoms with Crippen molar-refractivity contribution in [3.8, 4) is 22.6 Å². The molecular weight excluding hydrogens is 366 g/mol. The molecule has 0 saturated heterocycles. The van der Waals surface area contributed by atoms with Gasteiger partial charge in [-0.3, -0.25) is 0 Å². The normalized spacial score (nSPS) is 12.1. The van der Waals surface area contributed by atoms with Gasteiger partial charge < -0.3 is 14.8 Å². The maximum Gasteiger partial charge on any atom is 0.135 e. The monoisotopic (exact) mass is 389 g/mol. The summed E-state index contributed by atoms with van der Waals surface area (Å²) in [4.78, 5) is 0. The number of hydrogen-bond donors (Lipinski definition) is 1. The molecule has 0 radical (unpaired) electrons. The highest BCUT2D eigenvalue weighted by molar-refractivity contribution is 5.82. The first-order valence-corrected chi connectivity index (χ1v) is 9.45. The van der Waals surface area contributed by atoms with Crippen molar-refractivity contribution in [2.24, 2.45) is 0 Å². The molecule has 6 nitrogen and oxygen atoms in total. The van der Waals surface area contributed by atoms with Crippen LogP contribution in [0.5, 0.6) is 11.5 Å². The fraction of sp³-hybridized carbons (Fsp3) is 0.217. The molecule has 1 aromatic heterocycles. The van der Waals surface area contributed by atoms with Crippen LogP contribution in [0.1, 0.15) is 24.1 Å². The van der Waals surface area contributed by atoms with Crippen molar-refractivity contribution in [2.75, 3.05) is 14.2 Å². The molecule has 1 heterocycles. The summed E-state index contributed by atoms with van der Waals surface area (Å²) in [6.07, 6.45) is 0. The SMILES string of the molecule is COc1cccc([C@@H](C)NCc2ccc(OC)c(-c3ccc4nonc4c3)c2)c1. The number of aromatic nitrogens is 2. The van der Waals surface area contributed by atoms with Gasteiger partial charge in [-0.15, -0.1) is 0 Å². The molecule has 0 bridgehead atoms. The summed E-state index contributed by atoms with van der Waals surface area (Å²) in [6, 6.07) is 20.4. The van der Waals surface area contributed by atoms with E-state index in [9.17, 15) is 0 Å². The van der Waals surface area contributed by atoms with E-state index in [0.717, 1.165) is 45.8 Å². The predicted octanol–water partition coefficient (Wildman–Crippen LogP) is 4.76. The lowest BCUT2D eigenvalue weighted by Gasteiger charge is -2.16. The number of fused-ring (bicyclic) bond motifs is 1. The predicted molar refractivity (Wildman–Crippen MR) is 112 cm³/mol. The smallest absolute Gasteiger partial charge is 0.135 e. The van der Waals surface area contributed by atoms with E-state index in [2.05, 4.69) is 46.8 Å². The second-order valence-corrected chi connectivity index (χ2v) is 6.88. The average molecular weight is 389 g/mol. The Balaban J connectivity index is 1.56. The Bertz CT molecular complexity index is 1120. The molecule has 0 aliphatic carbocycles. The zero-order chi connectivity index (χ0) is 20.2. The van der Waals surface area contributed by atoms with Crippen molar-refractivity contribution < 1.29 is 14.1 Å². The summed E-state index contributed by atoms with van der Waals surface area (Å²) in [7, 11) is 3.36. The first-order valence-electron chi connectivity index (χ1n) is 9.45. The zero-order valence-corrected chi connectivity index (χ0v) is 16.7. The molecule has 4 rings (SSSR count). The van der Waals surface area contributed by atoms with Crippen LogP contribution in [0.3, 0.4) is 0 Å². The van der Waals surface area contributed by atoms with Crippen molar-refractivity contribution >= 4 is 11.0 Å². The van der Waals surface area contributed by atoms with Crippen LogP contribution in [0, 0.1) is 0 Å². The molecule has 0 saturated carbocycles. The largest absolute Gasteiger partial charge is 0.497 e. The summed E-state index contributed by atoms with van der Waals surface area (Å²) in [5.41, 5.74) is 5.81. The van der Waals surface area contributed by atoms with E-state index in [0.29, 0.717) is 0 Å². The second kappa shape index (κ2) is 8.32. The highest BCUT2D eigenvalue weighted by Crippen LogP contribution is 2.32. The van der Waals surface area contributed by atoms with E-state index >= 15 is 0 Å². The van der Waals surface area contributed by atoms with E-state index in [4.69, 9.17) is 14.1 Å². The van der Waals surface area contributed by atoms with Crippen LogP contribution in [0.15, 0.2) is 65.3 Å². The quantitative estimate of drug-likeness (QED) is 0.492. The molecule has 0 aliphatic rings. The number of benzene rings is 3. The van der Waals surface area contributed by atoms with Gasteiger partial charge in [0.05, 0.1) is 14.2 Å². The Morgan fingerprint density at radius 1 is 0.931 bits per heavy atom. The van der Waals surface area contributed by atoms with Crippen molar-refractivity contribution in [1.82, 2.24) is 15.6 Å². The van der Waals surface area contributed by atoms with Gasteiger partial charge in [-0.1, -0.05) is 24.3 Å². The number of rotatable bonds is 7. The molecule has 3 aromatic carbocycles. The van der Waals surface area contributed by atoms with Crippen molar-refractivity contribution in [3.05, 3.63) is 71.8 Å². The topological polar surface area (TPSA) is 69.4 Å². The molecule has 0 fully saturated rings. The van der Waals surface area contributed by atoms with E-state index < -0.39 is 0 Å². The van der Waals surface area contributed by atoms with Gasteiger partial charge in [0.2, 0.25) is 0 Å². The highest BCUT2D eigenvalue weighted by atomic mass is 16.6. The summed E-state index contributed by atoms with van der Waals surface area (Å²) in [5.74, 6) is 1.67. The minimum absolute atomic E-state index is 0.188. The van der Waals surface area contributed by atoms with Crippen LogP contribution < -0.4 is 14.8 Å². The van der Waals surface area contributed by atoms with Gasteiger partial charge >= 0.3 is 0 Å². The molecule has 29 heavy (non-hydrogen) atoms. The summed E-state index contributed by atoms with van der Waals surface area (Å²) in [6.45, 7) is 2.87. The molecule has 0 unspecified atom stereocenters. The minimum atomic E-state index is 0.188. The van der Waals surface area contributed by atoms with Crippen LogP contribution in [0.4, 0.5) is 0 Å². The van der Waals surface area contributed by atoms with Gasteiger partial charge in [0, 0.05) is 18.2 Å².